The minimum atomic E-state index is -0.0874. The number of hydrogen-bond donors (Lipinski definition) is 1. The number of carbonyl (C=O) groups excluding carboxylic acids is 1. The fourth-order valence-corrected chi connectivity index (χ4v) is 4.65. The molecule has 8 nitrogen and oxygen atoms in total. The average molecular weight is 438 g/mol. The molecule has 0 spiro atoms. The molecular weight excluding hydrogens is 414 g/mol. The first-order chi connectivity index (χ1) is 14.9. The summed E-state index contributed by atoms with van der Waals surface area (Å²) in [5.41, 5.74) is 1.46. The predicted octanol–water partition coefficient (Wildman–Crippen LogP) is 2.20. The number of aromatic amines is 1. The highest BCUT2D eigenvalue weighted by atomic mass is 32.1. The van der Waals surface area contributed by atoms with Crippen molar-refractivity contribution in [3.8, 4) is 11.8 Å². The van der Waals surface area contributed by atoms with Gasteiger partial charge >= 0.3 is 0 Å². The van der Waals surface area contributed by atoms with Crippen molar-refractivity contribution in [1.29, 1.82) is 5.26 Å². The van der Waals surface area contributed by atoms with Gasteiger partial charge in [0.1, 0.15) is 16.4 Å². The summed E-state index contributed by atoms with van der Waals surface area (Å²) in [5, 5.41) is 9.51. The molecule has 3 aromatic rings. The van der Waals surface area contributed by atoms with Gasteiger partial charge < -0.3 is 14.6 Å². The molecule has 1 aromatic carbocycles. The van der Waals surface area contributed by atoms with Crippen LogP contribution in [-0.4, -0.2) is 58.5 Å². The molecule has 2 aromatic heterocycles. The number of nitrogens with one attached hydrogen (secondary N) is 1. The summed E-state index contributed by atoms with van der Waals surface area (Å²) in [6.45, 7) is 7.06. The van der Waals surface area contributed by atoms with E-state index in [-0.39, 0.29) is 18.1 Å². The lowest BCUT2D eigenvalue weighted by Gasteiger charge is -2.34. The maximum absolute atomic E-state index is 12.5. The third-order valence-electron chi connectivity index (χ3n) is 5.53. The van der Waals surface area contributed by atoms with E-state index in [2.05, 4.69) is 14.9 Å². The number of nitriles is 1. The normalized spacial score (nSPS) is 14.5. The monoisotopic (exact) mass is 437 g/mol. The van der Waals surface area contributed by atoms with Gasteiger partial charge in [-0.15, -0.1) is 11.3 Å². The molecule has 1 aliphatic heterocycles. The second kappa shape index (κ2) is 8.88. The Hall–Kier alpha value is -3.22. The van der Waals surface area contributed by atoms with Crippen LogP contribution in [0.2, 0.25) is 0 Å². The van der Waals surface area contributed by atoms with Gasteiger partial charge in [0.2, 0.25) is 0 Å². The highest BCUT2D eigenvalue weighted by molar-refractivity contribution is 7.18. The number of benzene rings is 1. The van der Waals surface area contributed by atoms with Crippen molar-refractivity contribution in [2.75, 3.05) is 32.8 Å². The Labute approximate surface area is 183 Å². The minimum absolute atomic E-state index is 0.0332. The number of rotatable bonds is 5. The summed E-state index contributed by atoms with van der Waals surface area (Å²) in [6.07, 6.45) is 0. The van der Waals surface area contributed by atoms with Crippen molar-refractivity contribution in [1.82, 2.24) is 19.8 Å². The van der Waals surface area contributed by atoms with Crippen molar-refractivity contribution in [3.05, 3.63) is 56.4 Å². The number of H-pyrrole nitrogens is 1. The number of aromatic nitrogens is 2. The Morgan fingerprint density at radius 3 is 2.61 bits per heavy atom. The molecule has 3 heterocycles. The molecule has 9 heteroatoms. The lowest BCUT2D eigenvalue weighted by atomic mass is 10.2. The lowest BCUT2D eigenvalue weighted by Crippen LogP contribution is -2.49. The number of aryl methyl sites for hydroxylation is 2. The van der Waals surface area contributed by atoms with Crippen molar-refractivity contribution in [3.63, 3.8) is 0 Å². The zero-order chi connectivity index (χ0) is 22.0. The third-order valence-corrected chi connectivity index (χ3v) is 6.63. The number of nitrogens with zero attached hydrogens (tertiary/aromatic N) is 4. The van der Waals surface area contributed by atoms with E-state index in [0.29, 0.717) is 55.2 Å². The number of carbonyl (C=O) groups is 1. The standard InChI is InChI=1S/C22H23N5O3S/c1-14-15(2)31-22-20(14)21(29)24-18(25-22)12-26-7-9-27(10-8-26)19(28)13-30-17-5-3-16(11-23)4-6-17/h3-6H,7-10,12-13H2,1-2H3,(H,24,25,29). The molecule has 1 aliphatic rings. The summed E-state index contributed by atoms with van der Waals surface area (Å²) >= 11 is 1.55. The van der Waals surface area contributed by atoms with E-state index in [1.54, 1.807) is 40.5 Å². The SMILES string of the molecule is Cc1sc2nc(CN3CCN(C(=O)COc4ccc(C#N)cc4)CC3)[nH]c(=O)c2c1C. The van der Waals surface area contributed by atoms with Crippen LogP contribution in [0.1, 0.15) is 21.8 Å². The second-order valence-electron chi connectivity index (χ2n) is 7.56. The van der Waals surface area contributed by atoms with Gasteiger partial charge in [0, 0.05) is 31.1 Å². The van der Waals surface area contributed by atoms with Gasteiger partial charge in [-0.25, -0.2) is 4.98 Å². The Kier molecular flexibility index (Phi) is 6.02. The fourth-order valence-electron chi connectivity index (χ4n) is 3.60. The Balaban J connectivity index is 1.30. The van der Waals surface area contributed by atoms with Gasteiger partial charge in [0.15, 0.2) is 6.61 Å². The van der Waals surface area contributed by atoms with Crippen molar-refractivity contribution >= 4 is 27.5 Å². The summed E-state index contributed by atoms with van der Waals surface area (Å²) < 4.78 is 5.55. The first-order valence-corrected chi connectivity index (χ1v) is 10.9. The largest absolute Gasteiger partial charge is 0.484 e. The van der Waals surface area contributed by atoms with E-state index in [9.17, 15) is 9.59 Å². The van der Waals surface area contributed by atoms with Gasteiger partial charge in [-0.1, -0.05) is 0 Å². The van der Waals surface area contributed by atoms with Crippen LogP contribution in [0, 0.1) is 25.2 Å². The Morgan fingerprint density at radius 1 is 1.23 bits per heavy atom. The molecule has 0 radical (unpaired) electrons. The number of fused-ring (bicyclic) bond motifs is 1. The fraction of sp³-hybridized carbons (Fsp3) is 0.364. The van der Waals surface area contributed by atoms with E-state index in [0.717, 1.165) is 15.3 Å². The summed E-state index contributed by atoms with van der Waals surface area (Å²) in [6, 6.07) is 8.74. The smallest absolute Gasteiger partial charge is 0.260 e. The number of amides is 1. The number of thiophene rings is 1. The van der Waals surface area contributed by atoms with Crippen molar-refractivity contribution in [2.24, 2.45) is 0 Å². The maximum Gasteiger partial charge on any atom is 0.260 e. The summed E-state index contributed by atoms with van der Waals surface area (Å²) in [4.78, 5) is 38.3. The molecule has 160 valence electrons. The summed E-state index contributed by atoms with van der Waals surface area (Å²) in [5.74, 6) is 1.15. The molecule has 1 saturated heterocycles. The van der Waals surface area contributed by atoms with Crippen LogP contribution in [0.15, 0.2) is 29.1 Å². The van der Waals surface area contributed by atoms with Crippen LogP contribution in [0.5, 0.6) is 5.75 Å². The van der Waals surface area contributed by atoms with Gasteiger partial charge in [0.05, 0.1) is 23.6 Å². The van der Waals surface area contributed by atoms with E-state index in [4.69, 9.17) is 10.00 Å². The predicted molar refractivity (Wildman–Crippen MR) is 118 cm³/mol. The average Bonchev–Trinajstić information content (AvgIpc) is 3.06. The van der Waals surface area contributed by atoms with E-state index in [1.165, 1.54) is 0 Å². The van der Waals surface area contributed by atoms with Crippen LogP contribution in [0.3, 0.4) is 0 Å². The molecule has 0 bridgehead atoms. The van der Waals surface area contributed by atoms with E-state index in [1.807, 2.05) is 19.9 Å². The molecule has 1 fully saturated rings. The van der Waals surface area contributed by atoms with Gasteiger partial charge in [-0.2, -0.15) is 5.26 Å². The summed E-state index contributed by atoms with van der Waals surface area (Å²) in [7, 11) is 0. The van der Waals surface area contributed by atoms with Gasteiger partial charge in [-0.3, -0.25) is 14.5 Å². The number of hydrogen-bond acceptors (Lipinski definition) is 7. The van der Waals surface area contributed by atoms with Gasteiger partial charge in [0.25, 0.3) is 11.5 Å². The van der Waals surface area contributed by atoms with Gasteiger partial charge in [-0.05, 0) is 43.7 Å². The molecule has 1 amide bonds. The molecule has 0 aliphatic carbocycles. The quantitative estimate of drug-likeness (QED) is 0.657. The van der Waals surface area contributed by atoms with Crippen molar-refractivity contribution in [2.45, 2.75) is 20.4 Å². The lowest BCUT2D eigenvalue weighted by molar-refractivity contribution is -0.135. The third kappa shape index (κ3) is 4.60. The Bertz CT molecular complexity index is 1200. The second-order valence-corrected chi connectivity index (χ2v) is 8.76. The molecular formula is C22H23N5O3S. The minimum Gasteiger partial charge on any atom is -0.484 e. The molecule has 4 rings (SSSR count). The maximum atomic E-state index is 12.5. The number of ether oxygens (including phenoxy) is 1. The van der Waals surface area contributed by atoms with E-state index < -0.39 is 0 Å². The first-order valence-electron chi connectivity index (χ1n) is 10.1. The Morgan fingerprint density at radius 2 is 1.94 bits per heavy atom. The molecule has 1 N–H and O–H groups in total. The van der Waals surface area contributed by atoms with Crippen LogP contribution in [0.4, 0.5) is 0 Å². The molecule has 0 saturated carbocycles. The zero-order valence-electron chi connectivity index (χ0n) is 17.5. The molecule has 31 heavy (non-hydrogen) atoms. The highest BCUT2D eigenvalue weighted by Gasteiger charge is 2.22. The number of piperazine rings is 1. The highest BCUT2D eigenvalue weighted by Crippen LogP contribution is 2.25. The van der Waals surface area contributed by atoms with Crippen LogP contribution >= 0.6 is 11.3 Å². The first kappa shape index (κ1) is 21.0. The van der Waals surface area contributed by atoms with Crippen LogP contribution in [-0.2, 0) is 11.3 Å². The van der Waals surface area contributed by atoms with Crippen LogP contribution in [0.25, 0.3) is 10.2 Å². The van der Waals surface area contributed by atoms with Crippen LogP contribution < -0.4 is 10.3 Å². The molecule has 0 unspecified atom stereocenters. The van der Waals surface area contributed by atoms with E-state index >= 15 is 0 Å². The topological polar surface area (TPSA) is 102 Å². The van der Waals surface area contributed by atoms with Crippen molar-refractivity contribution < 1.29 is 9.53 Å². The zero-order valence-corrected chi connectivity index (χ0v) is 18.3. The molecule has 0 atom stereocenters.